The molecule has 0 aliphatic carbocycles. The Bertz CT molecular complexity index is 1390. The highest BCUT2D eigenvalue weighted by atomic mass is 19.1. The topological polar surface area (TPSA) is 82.0 Å². The SMILES string of the molecule is COc1ccc(F)cc1CCC(=O)c1nc(-c2cc(C)c[n+](C)c2)c(-c2ccc(F)cc2)nc1N. The molecular weight excluding hydrogens is 450 g/mol. The van der Waals surface area contributed by atoms with Gasteiger partial charge in [-0.1, -0.05) is 0 Å². The van der Waals surface area contributed by atoms with E-state index in [0.29, 0.717) is 28.3 Å². The molecule has 2 aromatic carbocycles. The molecule has 0 spiro atoms. The Labute approximate surface area is 202 Å². The van der Waals surface area contributed by atoms with Gasteiger partial charge in [0.2, 0.25) is 0 Å². The number of methoxy groups -OCH3 is 1. The van der Waals surface area contributed by atoms with Crippen molar-refractivity contribution < 1.29 is 22.9 Å². The maximum Gasteiger partial charge on any atom is 0.185 e. The van der Waals surface area contributed by atoms with E-state index in [2.05, 4.69) is 9.97 Å². The number of rotatable bonds is 7. The average Bonchev–Trinajstić information content (AvgIpc) is 2.82. The van der Waals surface area contributed by atoms with Crippen molar-refractivity contribution in [3.63, 3.8) is 0 Å². The summed E-state index contributed by atoms with van der Waals surface area (Å²) in [7, 11) is 3.38. The van der Waals surface area contributed by atoms with Gasteiger partial charge < -0.3 is 10.5 Å². The molecule has 0 atom stereocenters. The first-order valence-corrected chi connectivity index (χ1v) is 11.0. The molecule has 0 unspecified atom stereocenters. The number of anilines is 1. The van der Waals surface area contributed by atoms with Gasteiger partial charge >= 0.3 is 0 Å². The predicted molar refractivity (Wildman–Crippen MR) is 129 cm³/mol. The van der Waals surface area contributed by atoms with Crippen LogP contribution in [-0.4, -0.2) is 22.9 Å². The van der Waals surface area contributed by atoms with Crippen LogP contribution in [0.3, 0.4) is 0 Å². The fourth-order valence-electron chi connectivity index (χ4n) is 4.00. The number of ether oxygens (including phenoxy) is 1. The Balaban J connectivity index is 1.76. The molecule has 0 fully saturated rings. The number of Topliss-reactive ketones (excluding diaryl/α,β-unsaturated/α-hetero) is 1. The molecule has 2 N–H and O–H groups in total. The standard InChI is InChI=1S/C27H24F2N4O2/c1-16-12-19(15-33(2)14-16)25-24(17-4-7-20(28)8-5-17)32-27(30)26(31-25)22(34)10-6-18-13-21(29)9-11-23(18)35-3/h4-5,7-9,11-15H,6,10H2,1-3H3,(H-,30,32,34)/p+1. The Morgan fingerprint density at radius 3 is 2.34 bits per heavy atom. The number of aromatic nitrogens is 3. The van der Waals surface area contributed by atoms with Gasteiger partial charge in [-0.25, -0.2) is 23.3 Å². The molecule has 0 saturated heterocycles. The summed E-state index contributed by atoms with van der Waals surface area (Å²) in [6, 6.07) is 11.9. The van der Waals surface area contributed by atoms with E-state index in [0.717, 1.165) is 11.1 Å². The van der Waals surface area contributed by atoms with E-state index in [1.54, 1.807) is 12.1 Å². The van der Waals surface area contributed by atoms with Crippen molar-refractivity contribution in [3.8, 4) is 28.3 Å². The molecule has 2 heterocycles. The highest BCUT2D eigenvalue weighted by molar-refractivity contribution is 5.99. The van der Waals surface area contributed by atoms with E-state index in [1.807, 2.05) is 37.0 Å². The lowest BCUT2D eigenvalue weighted by Crippen LogP contribution is -2.27. The van der Waals surface area contributed by atoms with Crippen molar-refractivity contribution in [3.05, 3.63) is 89.4 Å². The summed E-state index contributed by atoms with van der Waals surface area (Å²) in [5, 5.41) is 0. The fourth-order valence-corrected chi connectivity index (χ4v) is 4.00. The zero-order valence-electron chi connectivity index (χ0n) is 19.7. The second-order valence-electron chi connectivity index (χ2n) is 8.31. The van der Waals surface area contributed by atoms with Crippen LogP contribution in [0.2, 0.25) is 0 Å². The number of nitrogens with zero attached hydrogens (tertiary/aromatic N) is 3. The number of halogens is 2. The lowest BCUT2D eigenvalue weighted by molar-refractivity contribution is -0.671. The third-order valence-electron chi connectivity index (χ3n) is 5.58. The lowest BCUT2D eigenvalue weighted by Gasteiger charge is -2.13. The molecule has 8 heteroatoms. The average molecular weight is 476 g/mol. The monoisotopic (exact) mass is 475 g/mol. The third-order valence-corrected chi connectivity index (χ3v) is 5.58. The van der Waals surface area contributed by atoms with Gasteiger partial charge in [0.25, 0.3) is 0 Å². The van der Waals surface area contributed by atoms with Crippen LogP contribution in [0.4, 0.5) is 14.6 Å². The predicted octanol–water partition coefficient (Wildman–Crippen LogP) is 4.63. The molecule has 4 rings (SSSR count). The van der Waals surface area contributed by atoms with Gasteiger partial charge in [-0.15, -0.1) is 0 Å². The van der Waals surface area contributed by atoms with E-state index in [1.165, 1.54) is 37.4 Å². The highest BCUT2D eigenvalue weighted by Gasteiger charge is 2.22. The zero-order valence-corrected chi connectivity index (χ0v) is 19.7. The van der Waals surface area contributed by atoms with Gasteiger partial charge in [0, 0.05) is 17.5 Å². The summed E-state index contributed by atoms with van der Waals surface area (Å²) in [6.07, 6.45) is 4.10. The number of hydrogen-bond donors (Lipinski definition) is 1. The number of benzene rings is 2. The molecule has 0 radical (unpaired) electrons. The molecule has 35 heavy (non-hydrogen) atoms. The van der Waals surface area contributed by atoms with Crippen LogP contribution in [0.25, 0.3) is 22.5 Å². The minimum Gasteiger partial charge on any atom is -0.496 e. The van der Waals surface area contributed by atoms with E-state index in [9.17, 15) is 13.6 Å². The number of nitrogens with two attached hydrogens (primary N) is 1. The Hall–Kier alpha value is -4.20. The smallest absolute Gasteiger partial charge is 0.185 e. The largest absolute Gasteiger partial charge is 0.496 e. The minimum atomic E-state index is -0.411. The van der Waals surface area contributed by atoms with Gasteiger partial charge in [-0.3, -0.25) is 4.79 Å². The fraction of sp³-hybridized carbons (Fsp3) is 0.185. The molecule has 0 saturated carbocycles. The summed E-state index contributed by atoms with van der Waals surface area (Å²) in [4.78, 5) is 22.3. The molecule has 0 aliphatic rings. The summed E-state index contributed by atoms with van der Waals surface area (Å²) in [5.74, 6) is -0.645. The van der Waals surface area contributed by atoms with Gasteiger partial charge in [0.05, 0.1) is 18.4 Å². The minimum absolute atomic E-state index is 0.0266. The number of nitrogen functional groups attached to an aromatic ring is 1. The second kappa shape index (κ2) is 9.97. The summed E-state index contributed by atoms with van der Waals surface area (Å²) < 4.78 is 34.4. The second-order valence-corrected chi connectivity index (χ2v) is 8.31. The number of carbonyl (C=O) groups excluding carboxylic acids is 1. The van der Waals surface area contributed by atoms with E-state index < -0.39 is 5.82 Å². The van der Waals surface area contributed by atoms with Gasteiger partial charge in [0.15, 0.2) is 24.0 Å². The van der Waals surface area contributed by atoms with Gasteiger partial charge in [0.1, 0.15) is 35.8 Å². The molecule has 2 aromatic heterocycles. The highest BCUT2D eigenvalue weighted by Crippen LogP contribution is 2.31. The molecular formula is C27H25F2N4O2+. The van der Waals surface area contributed by atoms with Crippen LogP contribution in [0.15, 0.2) is 60.9 Å². The number of aryl methyl sites for hydroxylation is 3. The first-order chi connectivity index (χ1) is 16.7. The maximum atomic E-state index is 13.7. The van der Waals surface area contributed by atoms with Crippen LogP contribution in [0.5, 0.6) is 5.75 Å². The van der Waals surface area contributed by atoms with Crippen molar-refractivity contribution in [2.45, 2.75) is 19.8 Å². The third kappa shape index (κ3) is 5.32. The molecule has 0 aliphatic heterocycles. The Kier molecular flexibility index (Phi) is 6.82. The summed E-state index contributed by atoms with van der Waals surface area (Å²) >= 11 is 0. The summed E-state index contributed by atoms with van der Waals surface area (Å²) in [6.45, 7) is 1.95. The number of hydrogen-bond acceptors (Lipinski definition) is 5. The van der Waals surface area contributed by atoms with E-state index in [-0.39, 0.29) is 36.0 Å². The molecule has 6 nitrogen and oxygen atoms in total. The Morgan fingerprint density at radius 2 is 1.66 bits per heavy atom. The number of ketones is 1. The normalized spacial score (nSPS) is 10.9. The quantitative estimate of drug-likeness (QED) is 0.311. The van der Waals surface area contributed by atoms with Crippen molar-refractivity contribution in [2.75, 3.05) is 12.8 Å². The van der Waals surface area contributed by atoms with Crippen LogP contribution in [-0.2, 0) is 13.5 Å². The first-order valence-electron chi connectivity index (χ1n) is 11.0. The molecule has 178 valence electrons. The van der Waals surface area contributed by atoms with Crippen LogP contribution < -0.4 is 15.0 Å². The van der Waals surface area contributed by atoms with E-state index >= 15 is 0 Å². The van der Waals surface area contributed by atoms with Crippen molar-refractivity contribution >= 4 is 11.6 Å². The molecule has 4 aromatic rings. The zero-order chi connectivity index (χ0) is 25.1. The molecule has 0 bridgehead atoms. The van der Waals surface area contributed by atoms with E-state index in [4.69, 9.17) is 10.5 Å². The molecule has 0 amide bonds. The van der Waals surface area contributed by atoms with Gasteiger partial charge in [-0.2, -0.15) is 0 Å². The van der Waals surface area contributed by atoms with Gasteiger partial charge in [-0.05, 0) is 67.4 Å². The van der Waals surface area contributed by atoms with Crippen molar-refractivity contribution in [1.82, 2.24) is 9.97 Å². The van der Waals surface area contributed by atoms with Crippen LogP contribution in [0, 0.1) is 18.6 Å². The number of carbonyl (C=O) groups is 1. The first kappa shape index (κ1) is 23.9. The Morgan fingerprint density at radius 1 is 0.971 bits per heavy atom. The maximum absolute atomic E-state index is 13.7. The van der Waals surface area contributed by atoms with Crippen molar-refractivity contribution in [1.29, 1.82) is 0 Å². The summed E-state index contributed by atoms with van der Waals surface area (Å²) in [5.41, 5.74) is 10.0. The van der Waals surface area contributed by atoms with Crippen LogP contribution in [0.1, 0.15) is 28.0 Å². The lowest BCUT2D eigenvalue weighted by atomic mass is 10.0. The number of pyridine rings is 1. The van der Waals surface area contributed by atoms with Crippen LogP contribution >= 0.6 is 0 Å². The van der Waals surface area contributed by atoms with Crippen molar-refractivity contribution in [2.24, 2.45) is 7.05 Å².